The Balaban J connectivity index is 1.64. The first kappa shape index (κ1) is 16.9. The van der Waals surface area contributed by atoms with Crippen LogP contribution in [0.1, 0.15) is 24.4 Å². The van der Waals surface area contributed by atoms with Crippen LogP contribution in [0.2, 0.25) is 0 Å². The quantitative estimate of drug-likeness (QED) is 0.694. The van der Waals surface area contributed by atoms with Crippen LogP contribution in [0.5, 0.6) is 0 Å². The van der Waals surface area contributed by atoms with Crippen molar-refractivity contribution in [2.24, 2.45) is 0 Å². The molecule has 0 unspecified atom stereocenters. The van der Waals surface area contributed by atoms with Crippen LogP contribution in [-0.4, -0.2) is 24.3 Å². The molecular formula is C19H17FN2O3S. The highest BCUT2D eigenvalue weighted by Gasteiger charge is 2.36. The second kappa shape index (κ2) is 6.66. The summed E-state index contributed by atoms with van der Waals surface area (Å²) in [6, 6.07) is 12.3. The molecule has 5 nitrogen and oxygen atoms in total. The molecule has 0 amide bonds. The number of hydrogen-bond acceptors (Lipinski definition) is 4. The maximum atomic E-state index is 13.2. The van der Waals surface area contributed by atoms with Crippen molar-refractivity contribution in [3.8, 4) is 11.3 Å². The van der Waals surface area contributed by atoms with E-state index in [1.165, 1.54) is 22.8 Å². The summed E-state index contributed by atoms with van der Waals surface area (Å²) in [6.07, 6.45) is 4.41. The number of oxazole rings is 1. The topological polar surface area (TPSA) is 63.4 Å². The molecule has 1 aromatic heterocycles. The number of sulfonamides is 1. The van der Waals surface area contributed by atoms with Gasteiger partial charge in [-0.15, -0.1) is 0 Å². The largest absolute Gasteiger partial charge is 0.444 e. The molecule has 0 aliphatic carbocycles. The molecule has 1 fully saturated rings. The van der Waals surface area contributed by atoms with Crippen molar-refractivity contribution in [2.45, 2.75) is 23.8 Å². The molecule has 1 aliphatic heterocycles. The van der Waals surface area contributed by atoms with E-state index >= 15 is 0 Å². The lowest BCUT2D eigenvalue weighted by Crippen LogP contribution is -2.30. The molecular weight excluding hydrogens is 355 g/mol. The van der Waals surface area contributed by atoms with Gasteiger partial charge in [0.15, 0.2) is 12.2 Å². The number of aromatic nitrogens is 1. The van der Waals surface area contributed by atoms with E-state index in [-0.39, 0.29) is 16.8 Å². The van der Waals surface area contributed by atoms with Crippen molar-refractivity contribution in [2.75, 3.05) is 6.54 Å². The number of rotatable bonds is 4. The predicted molar refractivity (Wildman–Crippen MR) is 94.2 cm³/mol. The lowest BCUT2D eigenvalue weighted by molar-refractivity contribution is 0.396. The highest BCUT2D eigenvalue weighted by Crippen LogP contribution is 2.36. The molecule has 1 saturated heterocycles. The molecule has 3 aromatic rings. The van der Waals surface area contributed by atoms with Gasteiger partial charge in [-0.25, -0.2) is 17.8 Å². The third kappa shape index (κ3) is 3.04. The van der Waals surface area contributed by atoms with Crippen molar-refractivity contribution in [1.82, 2.24) is 9.29 Å². The molecule has 2 heterocycles. The van der Waals surface area contributed by atoms with Crippen LogP contribution in [0.3, 0.4) is 0 Å². The molecule has 7 heteroatoms. The van der Waals surface area contributed by atoms with Gasteiger partial charge in [0.25, 0.3) is 0 Å². The smallest absolute Gasteiger partial charge is 0.243 e. The maximum absolute atomic E-state index is 13.2. The zero-order valence-electron chi connectivity index (χ0n) is 13.9. The number of hydrogen-bond donors (Lipinski definition) is 0. The lowest BCUT2D eigenvalue weighted by Gasteiger charge is -2.24. The van der Waals surface area contributed by atoms with Crippen molar-refractivity contribution in [3.05, 3.63) is 72.5 Å². The Kier molecular flexibility index (Phi) is 4.34. The average molecular weight is 372 g/mol. The van der Waals surface area contributed by atoms with Crippen molar-refractivity contribution in [3.63, 3.8) is 0 Å². The van der Waals surface area contributed by atoms with Gasteiger partial charge in [0.05, 0.1) is 17.1 Å². The van der Waals surface area contributed by atoms with Gasteiger partial charge in [-0.3, -0.25) is 0 Å². The molecule has 0 radical (unpaired) electrons. The van der Waals surface area contributed by atoms with E-state index < -0.39 is 10.0 Å². The van der Waals surface area contributed by atoms with Crippen LogP contribution in [-0.2, 0) is 10.0 Å². The van der Waals surface area contributed by atoms with E-state index in [0.29, 0.717) is 12.3 Å². The Morgan fingerprint density at radius 2 is 1.81 bits per heavy atom. The highest BCUT2D eigenvalue weighted by molar-refractivity contribution is 7.89. The second-order valence-electron chi connectivity index (χ2n) is 6.22. The van der Waals surface area contributed by atoms with E-state index in [2.05, 4.69) is 4.98 Å². The highest BCUT2D eigenvalue weighted by atomic mass is 32.2. The van der Waals surface area contributed by atoms with Crippen LogP contribution in [0.25, 0.3) is 11.3 Å². The third-order valence-corrected chi connectivity index (χ3v) is 6.56. The van der Waals surface area contributed by atoms with Gasteiger partial charge >= 0.3 is 0 Å². The second-order valence-corrected chi connectivity index (χ2v) is 8.11. The van der Waals surface area contributed by atoms with Gasteiger partial charge in [-0.05, 0) is 54.8 Å². The summed E-state index contributed by atoms with van der Waals surface area (Å²) >= 11 is 0. The molecule has 0 N–H and O–H groups in total. The summed E-state index contributed by atoms with van der Waals surface area (Å²) in [5.74, 6) is 0.253. The Hall–Kier alpha value is -2.51. The van der Waals surface area contributed by atoms with Gasteiger partial charge in [0.1, 0.15) is 5.82 Å². The first-order valence-corrected chi connectivity index (χ1v) is 9.76. The number of benzene rings is 2. The minimum absolute atomic E-state index is 0.231. The predicted octanol–water partition coefficient (Wildman–Crippen LogP) is 4.01. The first-order chi connectivity index (χ1) is 12.6. The van der Waals surface area contributed by atoms with E-state index in [4.69, 9.17) is 4.42 Å². The minimum atomic E-state index is -3.64. The molecule has 1 atom stereocenters. The maximum Gasteiger partial charge on any atom is 0.243 e. The van der Waals surface area contributed by atoms with E-state index in [0.717, 1.165) is 24.0 Å². The zero-order chi connectivity index (χ0) is 18.1. The van der Waals surface area contributed by atoms with Crippen molar-refractivity contribution in [1.29, 1.82) is 0 Å². The number of halogens is 1. The van der Waals surface area contributed by atoms with Gasteiger partial charge in [-0.2, -0.15) is 4.31 Å². The Morgan fingerprint density at radius 1 is 1.08 bits per heavy atom. The fraction of sp³-hybridized carbons (Fsp3) is 0.211. The van der Waals surface area contributed by atoms with Crippen LogP contribution >= 0.6 is 0 Å². The molecule has 134 valence electrons. The summed E-state index contributed by atoms with van der Waals surface area (Å²) in [5, 5.41) is 0. The number of nitrogens with zero attached hydrogens (tertiary/aromatic N) is 2. The fourth-order valence-electron chi connectivity index (χ4n) is 3.33. The molecule has 0 saturated carbocycles. The standard InChI is InChI=1S/C19H17FN2O3S/c20-16-7-3-14(4-8-16)18-2-1-11-22(18)26(23,24)17-9-5-15(6-10-17)19-12-21-13-25-19/h3-10,12-13,18H,1-2,11H2/t18-/m0/s1. The fourth-order valence-corrected chi connectivity index (χ4v) is 5.01. The molecule has 0 spiro atoms. The van der Waals surface area contributed by atoms with Gasteiger partial charge < -0.3 is 4.42 Å². The van der Waals surface area contributed by atoms with Crippen LogP contribution in [0.15, 0.2) is 70.4 Å². The monoisotopic (exact) mass is 372 g/mol. The molecule has 2 aromatic carbocycles. The molecule has 26 heavy (non-hydrogen) atoms. The molecule has 0 bridgehead atoms. The van der Waals surface area contributed by atoms with Gasteiger partial charge in [0.2, 0.25) is 10.0 Å². The van der Waals surface area contributed by atoms with Crippen molar-refractivity contribution >= 4 is 10.0 Å². The van der Waals surface area contributed by atoms with E-state index in [1.54, 1.807) is 42.6 Å². The summed E-state index contributed by atoms with van der Waals surface area (Å²) < 4.78 is 46.1. The Morgan fingerprint density at radius 3 is 2.46 bits per heavy atom. The average Bonchev–Trinajstić information content (AvgIpc) is 3.35. The summed E-state index contributed by atoms with van der Waals surface area (Å²) in [4.78, 5) is 4.09. The first-order valence-electron chi connectivity index (χ1n) is 8.32. The molecule has 4 rings (SSSR count). The van der Waals surface area contributed by atoms with Gasteiger partial charge in [-0.1, -0.05) is 12.1 Å². The van der Waals surface area contributed by atoms with Gasteiger partial charge in [0, 0.05) is 12.1 Å². The Bertz CT molecular complexity index is 984. The van der Waals surface area contributed by atoms with Crippen LogP contribution < -0.4 is 0 Å². The summed E-state index contributed by atoms with van der Waals surface area (Å²) in [6.45, 7) is 0.453. The summed E-state index contributed by atoms with van der Waals surface area (Å²) in [5.41, 5.74) is 1.57. The lowest BCUT2D eigenvalue weighted by atomic mass is 10.1. The van der Waals surface area contributed by atoms with E-state index in [1.807, 2.05) is 0 Å². The SMILES string of the molecule is O=S(=O)(c1ccc(-c2cnco2)cc1)N1CCC[C@H]1c1ccc(F)cc1. The normalized spacial score (nSPS) is 18.3. The van der Waals surface area contributed by atoms with Crippen molar-refractivity contribution < 1.29 is 17.2 Å². The van der Waals surface area contributed by atoms with Crippen LogP contribution in [0, 0.1) is 5.82 Å². The zero-order valence-corrected chi connectivity index (χ0v) is 14.7. The van der Waals surface area contributed by atoms with Crippen LogP contribution in [0.4, 0.5) is 4.39 Å². The third-order valence-electron chi connectivity index (χ3n) is 4.64. The molecule has 1 aliphatic rings. The van der Waals surface area contributed by atoms with E-state index in [9.17, 15) is 12.8 Å². The Labute approximate surface area is 151 Å². The minimum Gasteiger partial charge on any atom is -0.444 e. The summed E-state index contributed by atoms with van der Waals surface area (Å²) in [7, 11) is -3.64.